The van der Waals surface area contributed by atoms with Gasteiger partial charge in [0.25, 0.3) is 0 Å². The lowest BCUT2D eigenvalue weighted by molar-refractivity contribution is 0.0140. The van der Waals surface area contributed by atoms with Gasteiger partial charge in [-0.05, 0) is 36.8 Å². The number of hydrogen-bond donors (Lipinski definition) is 2. The van der Waals surface area contributed by atoms with Crippen LogP contribution in [0.5, 0.6) is 0 Å². The molecule has 0 radical (unpaired) electrons. The summed E-state index contributed by atoms with van der Waals surface area (Å²) < 4.78 is 0. The van der Waals surface area contributed by atoms with Crippen LogP contribution in [0.3, 0.4) is 0 Å². The van der Waals surface area contributed by atoms with Gasteiger partial charge in [-0.25, -0.2) is 4.98 Å². The molecule has 1 unspecified atom stereocenters. The van der Waals surface area contributed by atoms with Crippen molar-refractivity contribution in [3.8, 4) is 0 Å². The largest absolute Gasteiger partial charge is 0.389 e. The Bertz CT molecular complexity index is 349. The Morgan fingerprint density at radius 2 is 2.33 bits per heavy atom. The zero-order valence-electron chi connectivity index (χ0n) is 9.11. The summed E-state index contributed by atoms with van der Waals surface area (Å²) in [7, 11) is 0. The van der Waals surface area contributed by atoms with Crippen molar-refractivity contribution in [3.63, 3.8) is 0 Å². The van der Waals surface area contributed by atoms with Gasteiger partial charge in [-0.1, -0.05) is 13.0 Å². The third-order valence-electron chi connectivity index (χ3n) is 3.37. The van der Waals surface area contributed by atoms with Gasteiger partial charge in [0, 0.05) is 12.6 Å². The van der Waals surface area contributed by atoms with Gasteiger partial charge in [0.2, 0.25) is 0 Å². The Balaban J connectivity index is 2.16. The fraction of sp³-hybridized carbons (Fsp3) is 0.583. The van der Waals surface area contributed by atoms with Gasteiger partial charge in [-0.2, -0.15) is 0 Å². The average molecular weight is 206 g/mol. The molecule has 0 spiro atoms. The van der Waals surface area contributed by atoms with Gasteiger partial charge >= 0.3 is 0 Å². The number of rotatable bonds is 4. The summed E-state index contributed by atoms with van der Waals surface area (Å²) in [6, 6.07) is 3.82. The first kappa shape index (κ1) is 10.4. The highest BCUT2D eigenvalue weighted by Gasteiger charge is 2.42. The topological polar surface area (TPSA) is 59.1 Å². The molecule has 1 saturated carbocycles. The molecule has 1 aliphatic rings. The van der Waals surface area contributed by atoms with E-state index in [2.05, 4.69) is 4.98 Å². The highest BCUT2D eigenvalue weighted by Crippen LogP contribution is 2.43. The van der Waals surface area contributed by atoms with Crippen LogP contribution in [0.4, 0.5) is 5.82 Å². The van der Waals surface area contributed by atoms with E-state index in [1.165, 1.54) is 0 Å². The molecule has 3 nitrogen and oxygen atoms in total. The van der Waals surface area contributed by atoms with Crippen molar-refractivity contribution >= 4 is 5.82 Å². The van der Waals surface area contributed by atoms with E-state index in [1.54, 1.807) is 6.20 Å². The first-order chi connectivity index (χ1) is 7.15. The Hall–Kier alpha value is -1.09. The number of nitrogens with zero attached hydrogens (tertiary/aromatic N) is 1. The SMILES string of the molecule is CCC(O)(Cc1cccnc1N)C1CC1. The lowest BCUT2D eigenvalue weighted by atomic mass is 9.87. The van der Waals surface area contributed by atoms with Crippen molar-refractivity contribution in [1.82, 2.24) is 4.98 Å². The van der Waals surface area contributed by atoms with Crippen LogP contribution in [0.15, 0.2) is 18.3 Å². The average Bonchev–Trinajstić information content (AvgIpc) is 3.05. The minimum absolute atomic E-state index is 0.460. The Morgan fingerprint density at radius 3 is 2.87 bits per heavy atom. The van der Waals surface area contributed by atoms with Gasteiger partial charge in [-0.15, -0.1) is 0 Å². The number of pyridine rings is 1. The van der Waals surface area contributed by atoms with Gasteiger partial charge < -0.3 is 10.8 Å². The van der Waals surface area contributed by atoms with Crippen LogP contribution in [0.1, 0.15) is 31.7 Å². The maximum Gasteiger partial charge on any atom is 0.126 e. The zero-order valence-corrected chi connectivity index (χ0v) is 9.11. The molecule has 0 aliphatic heterocycles. The first-order valence-corrected chi connectivity index (χ1v) is 5.57. The number of aliphatic hydroxyl groups is 1. The summed E-state index contributed by atoms with van der Waals surface area (Å²) in [6.07, 6.45) is 5.38. The van der Waals surface area contributed by atoms with Gasteiger partial charge in [-0.3, -0.25) is 0 Å². The lowest BCUT2D eigenvalue weighted by Gasteiger charge is -2.27. The normalized spacial score (nSPS) is 19.9. The molecule has 15 heavy (non-hydrogen) atoms. The standard InChI is InChI=1S/C12H18N2O/c1-2-12(15,10-5-6-10)8-9-4-3-7-14-11(9)13/h3-4,7,10,15H,2,5-6,8H2,1H3,(H2,13,14). The molecular weight excluding hydrogens is 188 g/mol. The van der Waals surface area contributed by atoms with Crippen molar-refractivity contribution in [1.29, 1.82) is 0 Å². The molecule has 1 aromatic heterocycles. The minimum Gasteiger partial charge on any atom is -0.389 e. The summed E-state index contributed by atoms with van der Waals surface area (Å²) in [6.45, 7) is 2.03. The molecule has 3 heteroatoms. The Morgan fingerprint density at radius 1 is 1.60 bits per heavy atom. The highest BCUT2D eigenvalue weighted by atomic mass is 16.3. The number of aromatic nitrogens is 1. The van der Waals surface area contributed by atoms with E-state index in [0.717, 1.165) is 24.8 Å². The maximum atomic E-state index is 10.5. The fourth-order valence-corrected chi connectivity index (χ4v) is 2.11. The van der Waals surface area contributed by atoms with Gasteiger partial charge in [0.15, 0.2) is 0 Å². The zero-order chi connectivity index (χ0) is 10.9. The minimum atomic E-state index is -0.572. The van der Waals surface area contributed by atoms with E-state index in [-0.39, 0.29) is 0 Å². The van der Waals surface area contributed by atoms with Crippen molar-refractivity contribution in [2.24, 2.45) is 5.92 Å². The second-order valence-corrected chi connectivity index (χ2v) is 4.46. The molecule has 0 bridgehead atoms. The number of nitrogens with two attached hydrogens (primary N) is 1. The monoisotopic (exact) mass is 206 g/mol. The van der Waals surface area contributed by atoms with E-state index in [9.17, 15) is 5.11 Å². The summed E-state index contributed by atoms with van der Waals surface area (Å²) in [4.78, 5) is 4.04. The third kappa shape index (κ3) is 2.12. The van der Waals surface area contributed by atoms with E-state index in [1.807, 2.05) is 19.1 Å². The molecule has 1 heterocycles. The van der Waals surface area contributed by atoms with Crippen LogP contribution in [-0.4, -0.2) is 15.7 Å². The predicted molar refractivity (Wildman–Crippen MR) is 60.3 cm³/mol. The number of nitrogen functional groups attached to an aromatic ring is 1. The lowest BCUT2D eigenvalue weighted by Crippen LogP contribution is -2.33. The fourth-order valence-electron chi connectivity index (χ4n) is 2.11. The molecule has 3 N–H and O–H groups in total. The van der Waals surface area contributed by atoms with E-state index in [4.69, 9.17) is 5.73 Å². The molecule has 1 fully saturated rings. The molecule has 0 amide bonds. The van der Waals surface area contributed by atoms with Crippen molar-refractivity contribution < 1.29 is 5.11 Å². The summed E-state index contributed by atoms with van der Waals surface area (Å²) in [5.74, 6) is 1.01. The first-order valence-electron chi connectivity index (χ1n) is 5.57. The van der Waals surface area contributed by atoms with Crippen molar-refractivity contribution in [3.05, 3.63) is 23.9 Å². The van der Waals surface area contributed by atoms with Crippen LogP contribution >= 0.6 is 0 Å². The maximum absolute atomic E-state index is 10.5. The van der Waals surface area contributed by atoms with E-state index < -0.39 is 5.60 Å². The molecular formula is C12H18N2O. The predicted octanol–water partition coefficient (Wildman–Crippen LogP) is 1.76. The van der Waals surface area contributed by atoms with Crippen LogP contribution < -0.4 is 5.73 Å². The number of anilines is 1. The number of hydrogen-bond acceptors (Lipinski definition) is 3. The molecule has 1 aliphatic carbocycles. The van der Waals surface area contributed by atoms with Crippen molar-refractivity contribution in [2.75, 3.05) is 5.73 Å². The highest BCUT2D eigenvalue weighted by molar-refractivity contribution is 5.39. The smallest absolute Gasteiger partial charge is 0.126 e. The summed E-state index contributed by atoms with van der Waals surface area (Å²) >= 11 is 0. The molecule has 0 saturated heterocycles. The molecule has 2 rings (SSSR count). The molecule has 1 aromatic rings. The quantitative estimate of drug-likeness (QED) is 0.789. The Kier molecular flexibility index (Phi) is 2.65. The van der Waals surface area contributed by atoms with Gasteiger partial charge in [0.1, 0.15) is 5.82 Å². The summed E-state index contributed by atoms with van der Waals surface area (Å²) in [5, 5.41) is 10.5. The van der Waals surface area contributed by atoms with Crippen LogP contribution in [-0.2, 0) is 6.42 Å². The second-order valence-electron chi connectivity index (χ2n) is 4.46. The Labute approximate surface area is 90.3 Å². The van der Waals surface area contributed by atoms with Crippen LogP contribution in [0.25, 0.3) is 0 Å². The molecule has 1 atom stereocenters. The van der Waals surface area contributed by atoms with Gasteiger partial charge in [0.05, 0.1) is 5.60 Å². The second kappa shape index (κ2) is 3.81. The van der Waals surface area contributed by atoms with Crippen LogP contribution in [0.2, 0.25) is 0 Å². The third-order valence-corrected chi connectivity index (χ3v) is 3.37. The van der Waals surface area contributed by atoms with Crippen LogP contribution in [0, 0.1) is 5.92 Å². The van der Waals surface area contributed by atoms with E-state index in [0.29, 0.717) is 18.2 Å². The molecule has 82 valence electrons. The van der Waals surface area contributed by atoms with E-state index >= 15 is 0 Å². The molecule has 0 aromatic carbocycles. The van der Waals surface area contributed by atoms with Crippen molar-refractivity contribution in [2.45, 2.75) is 38.2 Å². The summed E-state index contributed by atoms with van der Waals surface area (Å²) in [5.41, 5.74) is 6.17.